The Morgan fingerprint density at radius 1 is 1.50 bits per heavy atom. The van der Waals surface area contributed by atoms with Crippen LogP contribution in [0.1, 0.15) is 25.7 Å². The first kappa shape index (κ1) is 15.8. The fraction of sp³-hybridized carbons (Fsp3) is 0.733. The van der Waals surface area contributed by atoms with Gasteiger partial charge in [-0.3, -0.25) is 4.79 Å². The summed E-state index contributed by atoms with van der Waals surface area (Å²) in [5.41, 5.74) is -2.98. The number of nitrogens with one attached hydrogen (secondary N) is 1. The number of hydrogen-bond acceptors (Lipinski definition) is 5. The molecule has 0 aromatic rings. The molecule has 1 amide bonds. The molecule has 7 heteroatoms. The fourth-order valence-electron chi connectivity index (χ4n) is 4.06. The highest BCUT2D eigenvalue weighted by Gasteiger charge is 2.81. The lowest BCUT2D eigenvalue weighted by Crippen LogP contribution is -2.82. The number of rotatable bonds is 5. The van der Waals surface area contributed by atoms with Crippen molar-refractivity contribution >= 4 is 23.5 Å². The molecule has 122 valence electrons. The fourth-order valence-corrected chi connectivity index (χ4v) is 4.28. The Morgan fingerprint density at radius 3 is 2.82 bits per heavy atom. The number of fused-ring (bicyclic) bond motifs is 1. The van der Waals surface area contributed by atoms with E-state index in [9.17, 15) is 19.8 Å². The van der Waals surface area contributed by atoms with E-state index in [0.29, 0.717) is 0 Å². The van der Waals surface area contributed by atoms with E-state index in [2.05, 4.69) is 5.32 Å². The number of carbonyl (C=O) groups is 2. The van der Waals surface area contributed by atoms with Gasteiger partial charge in [-0.1, -0.05) is 12.2 Å². The highest BCUT2D eigenvalue weighted by Crippen LogP contribution is 2.53. The summed E-state index contributed by atoms with van der Waals surface area (Å²) in [6.45, 7) is -0.521. The third kappa shape index (κ3) is 1.80. The number of esters is 1. The summed E-state index contributed by atoms with van der Waals surface area (Å²) in [7, 11) is 0. The number of hydrogen-bond donors (Lipinski definition) is 3. The molecule has 3 aliphatic rings. The molecular formula is C15H20ClNO5. The molecular weight excluding hydrogens is 310 g/mol. The van der Waals surface area contributed by atoms with Crippen LogP contribution in [-0.4, -0.2) is 51.8 Å². The quantitative estimate of drug-likeness (QED) is 0.378. The van der Waals surface area contributed by atoms with E-state index in [1.807, 2.05) is 12.2 Å². The number of aliphatic hydroxyl groups is 2. The first-order chi connectivity index (χ1) is 10.5. The third-order valence-corrected chi connectivity index (χ3v) is 5.46. The SMILES string of the molecule is O=C1NC2([C@@H](O)[C@@H]3C=CCCC3)C(=O)O[C@]2(CO)[C@H]1CCCl. The van der Waals surface area contributed by atoms with Gasteiger partial charge in [0.1, 0.15) is 0 Å². The van der Waals surface area contributed by atoms with Gasteiger partial charge in [0.2, 0.25) is 11.4 Å². The molecule has 0 aromatic carbocycles. The predicted octanol–water partition coefficient (Wildman–Crippen LogP) is 0.105. The van der Waals surface area contributed by atoms with E-state index < -0.39 is 41.6 Å². The number of alkyl halides is 1. The Balaban J connectivity index is 1.98. The van der Waals surface area contributed by atoms with Gasteiger partial charge in [-0.15, -0.1) is 11.6 Å². The van der Waals surface area contributed by atoms with Crippen LogP contribution in [-0.2, 0) is 14.3 Å². The zero-order chi connectivity index (χ0) is 16.0. The standard InChI is InChI=1S/C15H20ClNO5/c16-7-6-10-12(20)17-15(13(21)22-14(10,15)8-18)11(19)9-4-2-1-3-5-9/h2,4,9-11,18-19H,1,3,5-8H2,(H,17,20)/t9-,10+,11+,14-,15?/m1/s1. The average molecular weight is 330 g/mol. The maximum atomic E-state index is 12.3. The molecule has 0 spiro atoms. The molecule has 1 unspecified atom stereocenters. The van der Waals surface area contributed by atoms with Crippen molar-refractivity contribution < 1.29 is 24.5 Å². The van der Waals surface area contributed by atoms with Crippen LogP contribution in [0.3, 0.4) is 0 Å². The molecule has 2 aliphatic heterocycles. The Bertz CT molecular complexity index is 524. The molecule has 3 N–H and O–H groups in total. The summed E-state index contributed by atoms with van der Waals surface area (Å²) in [5, 5.41) is 23.3. The second kappa shape index (κ2) is 5.51. The van der Waals surface area contributed by atoms with E-state index >= 15 is 0 Å². The van der Waals surface area contributed by atoms with Crippen LogP contribution < -0.4 is 5.32 Å². The lowest BCUT2D eigenvalue weighted by atomic mass is 9.64. The lowest BCUT2D eigenvalue weighted by molar-refractivity contribution is -0.252. The van der Waals surface area contributed by atoms with Crippen molar-refractivity contribution in [1.29, 1.82) is 0 Å². The van der Waals surface area contributed by atoms with Gasteiger partial charge >= 0.3 is 5.97 Å². The van der Waals surface area contributed by atoms with Crippen molar-refractivity contribution in [1.82, 2.24) is 5.32 Å². The van der Waals surface area contributed by atoms with Crippen molar-refractivity contribution in [2.45, 2.75) is 42.9 Å². The van der Waals surface area contributed by atoms with Crippen LogP contribution in [0.25, 0.3) is 0 Å². The average Bonchev–Trinajstić information content (AvgIpc) is 2.73. The van der Waals surface area contributed by atoms with E-state index in [0.717, 1.165) is 19.3 Å². The minimum atomic E-state index is -1.57. The predicted molar refractivity (Wildman–Crippen MR) is 78.1 cm³/mol. The molecule has 5 atom stereocenters. The zero-order valence-corrected chi connectivity index (χ0v) is 12.9. The Labute approximate surface area is 133 Å². The van der Waals surface area contributed by atoms with Gasteiger partial charge in [0.05, 0.1) is 18.6 Å². The van der Waals surface area contributed by atoms with Crippen molar-refractivity contribution in [3.63, 3.8) is 0 Å². The number of ether oxygens (including phenoxy) is 1. The van der Waals surface area contributed by atoms with Gasteiger partial charge in [0.25, 0.3) is 0 Å². The van der Waals surface area contributed by atoms with Gasteiger partial charge in [-0.05, 0) is 25.7 Å². The van der Waals surface area contributed by atoms with Crippen LogP contribution in [0, 0.1) is 11.8 Å². The van der Waals surface area contributed by atoms with E-state index in [4.69, 9.17) is 16.3 Å². The van der Waals surface area contributed by atoms with Crippen LogP contribution in [0.2, 0.25) is 0 Å². The van der Waals surface area contributed by atoms with Gasteiger partial charge in [0.15, 0.2) is 5.60 Å². The summed E-state index contributed by atoms with van der Waals surface area (Å²) < 4.78 is 5.24. The molecule has 0 radical (unpaired) electrons. The first-order valence-electron chi connectivity index (χ1n) is 7.60. The Hall–Kier alpha value is -1.11. The van der Waals surface area contributed by atoms with Gasteiger partial charge in [-0.2, -0.15) is 0 Å². The Morgan fingerprint density at radius 2 is 2.27 bits per heavy atom. The summed E-state index contributed by atoms with van der Waals surface area (Å²) >= 11 is 5.74. The van der Waals surface area contributed by atoms with E-state index in [-0.39, 0.29) is 18.2 Å². The summed E-state index contributed by atoms with van der Waals surface area (Å²) in [4.78, 5) is 24.5. The molecule has 3 rings (SSSR count). The number of aliphatic hydroxyl groups excluding tert-OH is 2. The highest BCUT2D eigenvalue weighted by atomic mass is 35.5. The Kier molecular flexibility index (Phi) is 3.95. The zero-order valence-electron chi connectivity index (χ0n) is 12.1. The molecule has 6 nitrogen and oxygen atoms in total. The molecule has 2 heterocycles. The molecule has 22 heavy (non-hydrogen) atoms. The summed E-state index contributed by atoms with van der Waals surface area (Å²) in [6, 6.07) is 0. The minimum Gasteiger partial charge on any atom is -0.451 e. The molecule has 0 bridgehead atoms. The second-order valence-electron chi connectivity index (χ2n) is 6.23. The number of halogens is 1. The van der Waals surface area contributed by atoms with Gasteiger partial charge in [0, 0.05) is 11.8 Å². The summed E-state index contributed by atoms with van der Waals surface area (Å²) in [5.74, 6) is -1.87. The largest absolute Gasteiger partial charge is 0.451 e. The van der Waals surface area contributed by atoms with E-state index in [1.165, 1.54) is 0 Å². The smallest absolute Gasteiger partial charge is 0.339 e. The van der Waals surface area contributed by atoms with Crippen molar-refractivity contribution in [2.24, 2.45) is 11.8 Å². The van der Waals surface area contributed by atoms with E-state index in [1.54, 1.807) is 0 Å². The van der Waals surface area contributed by atoms with Crippen LogP contribution in [0.15, 0.2) is 12.2 Å². The molecule has 2 fully saturated rings. The monoisotopic (exact) mass is 329 g/mol. The number of amides is 1. The molecule has 1 aliphatic carbocycles. The van der Waals surface area contributed by atoms with Crippen LogP contribution in [0.5, 0.6) is 0 Å². The third-order valence-electron chi connectivity index (χ3n) is 5.24. The summed E-state index contributed by atoms with van der Waals surface area (Å²) in [6.07, 6.45) is 5.56. The maximum Gasteiger partial charge on any atom is 0.339 e. The van der Waals surface area contributed by atoms with Crippen molar-refractivity contribution in [3.05, 3.63) is 12.2 Å². The molecule has 0 aromatic heterocycles. The normalized spacial score (nSPS) is 41.4. The van der Waals surface area contributed by atoms with Crippen LogP contribution >= 0.6 is 11.6 Å². The minimum absolute atomic E-state index is 0.201. The molecule has 2 saturated heterocycles. The van der Waals surface area contributed by atoms with Crippen LogP contribution in [0.4, 0.5) is 0 Å². The maximum absolute atomic E-state index is 12.3. The molecule has 0 saturated carbocycles. The number of allylic oxidation sites excluding steroid dienone is 1. The van der Waals surface area contributed by atoms with Crippen molar-refractivity contribution in [3.8, 4) is 0 Å². The van der Waals surface area contributed by atoms with Gasteiger partial charge in [-0.25, -0.2) is 4.79 Å². The lowest BCUT2D eigenvalue weighted by Gasteiger charge is -2.55. The number of carbonyl (C=O) groups excluding carboxylic acids is 2. The second-order valence-corrected chi connectivity index (χ2v) is 6.61. The topological polar surface area (TPSA) is 95.9 Å². The van der Waals surface area contributed by atoms with Crippen molar-refractivity contribution in [2.75, 3.05) is 12.5 Å². The van der Waals surface area contributed by atoms with Gasteiger partial charge < -0.3 is 20.3 Å². The highest BCUT2D eigenvalue weighted by molar-refractivity contribution is 6.18. The first-order valence-corrected chi connectivity index (χ1v) is 8.14.